The maximum atomic E-state index is 13.0. The lowest BCUT2D eigenvalue weighted by atomic mass is 10.1. The second-order valence-electron chi connectivity index (χ2n) is 6.44. The van der Waals surface area contributed by atoms with E-state index in [1.54, 1.807) is 19.1 Å². The fourth-order valence-electron chi connectivity index (χ4n) is 3.01. The first-order valence-corrected chi connectivity index (χ1v) is 11.1. The predicted octanol–water partition coefficient (Wildman–Crippen LogP) is 3.77. The Hall–Kier alpha value is -2.25. The van der Waals surface area contributed by atoms with Gasteiger partial charge in [0, 0.05) is 5.02 Å². The van der Waals surface area contributed by atoms with Crippen LogP contribution in [0.1, 0.15) is 31.9 Å². The van der Waals surface area contributed by atoms with Crippen LogP contribution in [0.3, 0.4) is 0 Å². The molecule has 152 valence electrons. The van der Waals surface area contributed by atoms with Crippen molar-refractivity contribution in [2.75, 3.05) is 17.7 Å². The highest BCUT2D eigenvalue weighted by molar-refractivity contribution is 7.92. The van der Waals surface area contributed by atoms with E-state index in [-0.39, 0.29) is 18.2 Å². The Labute approximate surface area is 171 Å². The third-order valence-corrected chi connectivity index (χ3v) is 5.77. The van der Waals surface area contributed by atoms with Crippen LogP contribution in [0.5, 0.6) is 5.75 Å². The van der Waals surface area contributed by atoms with Crippen LogP contribution in [0.25, 0.3) is 0 Å². The van der Waals surface area contributed by atoms with E-state index in [4.69, 9.17) is 16.3 Å². The monoisotopic (exact) mass is 424 g/mol. The molecule has 0 saturated heterocycles. The molecule has 0 fully saturated rings. The Bertz CT molecular complexity index is 919. The number of anilines is 1. The molecular weight excluding hydrogens is 400 g/mol. The van der Waals surface area contributed by atoms with Crippen molar-refractivity contribution in [1.82, 2.24) is 5.32 Å². The average Bonchev–Trinajstić information content (AvgIpc) is 2.65. The Morgan fingerprint density at radius 1 is 1.21 bits per heavy atom. The van der Waals surface area contributed by atoms with Crippen molar-refractivity contribution >= 4 is 33.2 Å². The SMILES string of the molecule is CC[C@H](C(=O)N[C@@H](C)c1ccccc1)N(c1cc(Cl)ccc1OC)S(C)(=O)=O. The zero-order valence-corrected chi connectivity index (χ0v) is 17.9. The number of ether oxygens (including phenoxy) is 1. The molecule has 1 amide bonds. The fourth-order valence-corrected chi connectivity index (χ4v) is 4.38. The summed E-state index contributed by atoms with van der Waals surface area (Å²) < 4.78 is 31.6. The highest BCUT2D eigenvalue weighted by Crippen LogP contribution is 2.35. The average molecular weight is 425 g/mol. The van der Waals surface area contributed by atoms with Crippen LogP contribution in [-0.2, 0) is 14.8 Å². The van der Waals surface area contributed by atoms with Crippen molar-refractivity contribution in [3.05, 3.63) is 59.1 Å². The normalized spacial score (nSPS) is 13.5. The number of benzene rings is 2. The van der Waals surface area contributed by atoms with Gasteiger partial charge in [-0.1, -0.05) is 48.9 Å². The molecule has 1 N–H and O–H groups in total. The molecule has 2 aromatic carbocycles. The van der Waals surface area contributed by atoms with Gasteiger partial charge in [-0.2, -0.15) is 0 Å². The third kappa shape index (κ3) is 5.17. The molecule has 8 heteroatoms. The van der Waals surface area contributed by atoms with Crippen molar-refractivity contribution in [2.24, 2.45) is 0 Å². The van der Waals surface area contributed by atoms with Gasteiger partial charge < -0.3 is 10.1 Å². The standard InChI is InChI=1S/C20H25ClN2O4S/c1-5-17(20(24)22-14(2)15-9-7-6-8-10-15)23(28(4,25)26)18-13-16(21)11-12-19(18)27-3/h6-14,17H,5H2,1-4H3,(H,22,24)/t14-,17+/m0/s1. The number of nitrogens with one attached hydrogen (secondary N) is 1. The minimum atomic E-state index is -3.79. The number of hydrogen-bond acceptors (Lipinski definition) is 4. The van der Waals surface area contributed by atoms with Gasteiger partial charge in [-0.15, -0.1) is 0 Å². The highest BCUT2D eigenvalue weighted by atomic mass is 35.5. The van der Waals surface area contributed by atoms with Crippen molar-refractivity contribution in [1.29, 1.82) is 0 Å². The van der Waals surface area contributed by atoms with Crippen LogP contribution in [0, 0.1) is 0 Å². The van der Waals surface area contributed by atoms with Crippen LogP contribution in [-0.4, -0.2) is 33.7 Å². The molecule has 0 radical (unpaired) electrons. The molecule has 0 aromatic heterocycles. The van der Waals surface area contributed by atoms with Crippen LogP contribution in [0.15, 0.2) is 48.5 Å². The molecule has 2 aromatic rings. The van der Waals surface area contributed by atoms with Gasteiger partial charge in [-0.3, -0.25) is 9.10 Å². The van der Waals surface area contributed by atoms with E-state index >= 15 is 0 Å². The summed E-state index contributed by atoms with van der Waals surface area (Å²) in [7, 11) is -2.35. The van der Waals surface area contributed by atoms with E-state index in [0.717, 1.165) is 16.1 Å². The second kappa shape index (κ2) is 9.30. The Morgan fingerprint density at radius 3 is 2.39 bits per heavy atom. The Kier molecular flexibility index (Phi) is 7.32. The summed E-state index contributed by atoms with van der Waals surface area (Å²) in [6, 6.07) is 12.9. The molecule has 6 nitrogen and oxygen atoms in total. The minimum absolute atomic E-state index is 0.229. The van der Waals surface area contributed by atoms with Gasteiger partial charge in [0.15, 0.2) is 0 Å². The minimum Gasteiger partial charge on any atom is -0.495 e. The molecule has 0 aliphatic heterocycles. The smallest absolute Gasteiger partial charge is 0.244 e. The predicted molar refractivity (Wildman–Crippen MR) is 112 cm³/mol. The quantitative estimate of drug-likeness (QED) is 0.699. The summed E-state index contributed by atoms with van der Waals surface area (Å²) in [5.41, 5.74) is 1.16. The van der Waals surface area contributed by atoms with Crippen molar-refractivity contribution in [3.8, 4) is 5.75 Å². The lowest BCUT2D eigenvalue weighted by Gasteiger charge is -2.32. The first kappa shape index (κ1) is 22.0. The molecular formula is C20H25ClN2O4S. The number of sulfonamides is 1. The molecule has 2 atom stereocenters. The van der Waals surface area contributed by atoms with Gasteiger partial charge in [0.25, 0.3) is 0 Å². The summed E-state index contributed by atoms with van der Waals surface area (Å²) in [5.74, 6) is -0.0801. The third-order valence-electron chi connectivity index (χ3n) is 4.37. The summed E-state index contributed by atoms with van der Waals surface area (Å²) in [5, 5.41) is 3.25. The molecule has 28 heavy (non-hydrogen) atoms. The first-order chi connectivity index (χ1) is 13.2. The number of halogens is 1. The van der Waals surface area contributed by atoms with Crippen LogP contribution >= 0.6 is 11.6 Å². The lowest BCUT2D eigenvalue weighted by Crippen LogP contribution is -2.49. The number of hydrogen-bond donors (Lipinski definition) is 1. The summed E-state index contributed by atoms with van der Waals surface area (Å²) >= 11 is 6.08. The molecule has 0 aliphatic rings. The summed E-state index contributed by atoms with van der Waals surface area (Å²) in [6.07, 6.45) is 1.33. The van der Waals surface area contributed by atoms with E-state index in [2.05, 4.69) is 5.32 Å². The van der Waals surface area contributed by atoms with Gasteiger partial charge in [0.05, 0.1) is 25.1 Å². The van der Waals surface area contributed by atoms with Gasteiger partial charge in [-0.25, -0.2) is 8.42 Å². The molecule has 0 heterocycles. The summed E-state index contributed by atoms with van der Waals surface area (Å²) in [4.78, 5) is 13.0. The van der Waals surface area contributed by atoms with E-state index in [9.17, 15) is 13.2 Å². The van der Waals surface area contributed by atoms with Crippen molar-refractivity contribution in [2.45, 2.75) is 32.4 Å². The molecule has 0 aliphatic carbocycles. The van der Waals surface area contributed by atoms with Crippen LogP contribution < -0.4 is 14.4 Å². The zero-order chi connectivity index (χ0) is 20.9. The Morgan fingerprint density at radius 2 is 1.86 bits per heavy atom. The lowest BCUT2D eigenvalue weighted by molar-refractivity contribution is -0.122. The Balaban J connectivity index is 2.41. The number of amides is 1. The second-order valence-corrected chi connectivity index (χ2v) is 8.74. The van der Waals surface area contributed by atoms with Crippen molar-refractivity contribution in [3.63, 3.8) is 0 Å². The van der Waals surface area contributed by atoms with Gasteiger partial charge in [0.1, 0.15) is 11.8 Å². The van der Waals surface area contributed by atoms with Crippen LogP contribution in [0.2, 0.25) is 5.02 Å². The maximum Gasteiger partial charge on any atom is 0.244 e. The zero-order valence-electron chi connectivity index (χ0n) is 16.3. The first-order valence-electron chi connectivity index (χ1n) is 8.87. The number of nitrogens with zero attached hydrogens (tertiary/aromatic N) is 1. The number of rotatable bonds is 8. The molecule has 2 rings (SSSR count). The van der Waals surface area contributed by atoms with Gasteiger partial charge in [-0.05, 0) is 37.1 Å². The number of methoxy groups -OCH3 is 1. The van der Waals surface area contributed by atoms with Crippen LogP contribution in [0.4, 0.5) is 5.69 Å². The van der Waals surface area contributed by atoms with Crippen molar-refractivity contribution < 1.29 is 17.9 Å². The molecule has 0 bridgehead atoms. The number of carbonyl (C=O) groups excluding carboxylic acids is 1. The van der Waals surface area contributed by atoms with Gasteiger partial charge >= 0.3 is 0 Å². The summed E-state index contributed by atoms with van der Waals surface area (Å²) in [6.45, 7) is 3.61. The van der Waals surface area contributed by atoms with Gasteiger partial charge in [0.2, 0.25) is 15.9 Å². The maximum absolute atomic E-state index is 13.0. The highest BCUT2D eigenvalue weighted by Gasteiger charge is 2.34. The molecule has 0 spiro atoms. The fraction of sp³-hybridized carbons (Fsp3) is 0.350. The molecule has 0 unspecified atom stereocenters. The van der Waals surface area contributed by atoms with E-state index in [1.807, 2.05) is 37.3 Å². The van der Waals surface area contributed by atoms with E-state index in [1.165, 1.54) is 13.2 Å². The number of carbonyl (C=O) groups is 1. The topological polar surface area (TPSA) is 75.7 Å². The molecule has 0 saturated carbocycles. The largest absolute Gasteiger partial charge is 0.495 e. The van der Waals surface area contributed by atoms with E-state index < -0.39 is 22.0 Å². The van der Waals surface area contributed by atoms with E-state index in [0.29, 0.717) is 10.8 Å².